The summed E-state index contributed by atoms with van der Waals surface area (Å²) in [7, 11) is 0. The Morgan fingerprint density at radius 3 is 2.43 bits per heavy atom. The van der Waals surface area contributed by atoms with E-state index >= 15 is 0 Å². The molecule has 2 aromatic carbocycles. The Bertz CT molecular complexity index is 986. The number of benzene rings is 2. The van der Waals surface area contributed by atoms with Gasteiger partial charge in [0.15, 0.2) is 0 Å². The van der Waals surface area contributed by atoms with Crippen LogP contribution in [0.15, 0.2) is 30.3 Å². The fourth-order valence-corrected chi connectivity index (χ4v) is 3.31. The second-order valence-electron chi connectivity index (χ2n) is 7.53. The maximum atomic E-state index is 13.2. The van der Waals surface area contributed by atoms with Crippen molar-refractivity contribution in [3.8, 4) is 11.5 Å². The third-order valence-corrected chi connectivity index (χ3v) is 5.14. The van der Waals surface area contributed by atoms with Gasteiger partial charge in [0, 0.05) is 19.0 Å². The molecule has 0 radical (unpaired) electrons. The number of carbonyl (C=O) groups excluding carboxylic acids is 2. The molecule has 0 bridgehead atoms. The Balaban J connectivity index is 1.95. The number of alkyl halides is 3. The van der Waals surface area contributed by atoms with E-state index in [-0.39, 0.29) is 23.6 Å². The van der Waals surface area contributed by atoms with Gasteiger partial charge in [-0.2, -0.15) is 13.2 Å². The fourth-order valence-electron chi connectivity index (χ4n) is 3.31. The third-order valence-electron chi connectivity index (χ3n) is 5.14. The molecule has 1 heterocycles. The number of piperidine rings is 1. The number of rotatable bonds is 4. The molecule has 1 fully saturated rings. The minimum atomic E-state index is -4.60. The van der Waals surface area contributed by atoms with E-state index in [0.29, 0.717) is 18.7 Å². The highest BCUT2D eigenvalue weighted by Gasteiger charge is 2.33. The molecule has 1 saturated heterocycles. The molecule has 0 aliphatic carbocycles. The standard InChI is InChI=1S/C22H23F3N2O3/c1-12-8-14(3)19(9-13(12)2)30-18-5-4-15(22(23,24)25)10-17(18)21(29)27-16-6-7-26-20(28)11-16/h4-5,8-10,16H,6-7,11H2,1-3H3,(H,26,28)(H,27,29). The Labute approximate surface area is 172 Å². The molecule has 0 saturated carbocycles. The van der Waals surface area contributed by atoms with Crippen LogP contribution in [-0.2, 0) is 11.0 Å². The summed E-state index contributed by atoms with van der Waals surface area (Å²) in [5.74, 6) is -0.439. The second kappa shape index (κ2) is 8.38. The molecule has 5 nitrogen and oxygen atoms in total. The fraction of sp³-hybridized carbons (Fsp3) is 0.364. The second-order valence-corrected chi connectivity index (χ2v) is 7.53. The molecule has 3 rings (SSSR count). The average Bonchev–Trinajstić information content (AvgIpc) is 2.65. The number of nitrogens with one attached hydrogen (secondary N) is 2. The van der Waals surface area contributed by atoms with Gasteiger partial charge < -0.3 is 15.4 Å². The first kappa shape index (κ1) is 21.7. The number of halogens is 3. The predicted octanol–water partition coefficient (Wildman–Crippen LogP) is 4.43. The van der Waals surface area contributed by atoms with Crippen LogP contribution < -0.4 is 15.4 Å². The Morgan fingerprint density at radius 2 is 1.77 bits per heavy atom. The highest BCUT2D eigenvalue weighted by Crippen LogP contribution is 2.35. The molecular weight excluding hydrogens is 397 g/mol. The van der Waals surface area contributed by atoms with Crippen LogP contribution in [0, 0.1) is 20.8 Å². The summed E-state index contributed by atoms with van der Waals surface area (Å²) in [4.78, 5) is 24.4. The summed E-state index contributed by atoms with van der Waals surface area (Å²) < 4.78 is 45.6. The lowest BCUT2D eigenvalue weighted by Gasteiger charge is -2.24. The lowest BCUT2D eigenvalue weighted by atomic mass is 10.0. The van der Waals surface area contributed by atoms with E-state index < -0.39 is 23.7 Å². The van der Waals surface area contributed by atoms with Gasteiger partial charge in [-0.1, -0.05) is 6.07 Å². The molecule has 1 aliphatic heterocycles. The third kappa shape index (κ3) is 4.93. The number of hydrogen-bond donors (Lipinski definition) is 2. The molecule has 30 heavy (non-hydrogen) atoms. The molecule has 1 unspecified atom stereocenters. The summed E-state index contributed by atoms with van der Waals surface area (Å²) in [5, 5.41) is 5.31. The monoisotopic (exact) mass is 420 g/mol. The summed E-state index contributed by atoms with van der Waals surface area (Å²) in [5.41, 5.74) is 1.64. The first-order chi connectivity index (χ1) is 14.0. The van der Waals surface area contributed by atoms with Gasteiger partial charge in [0.25, 0.3) is 5.91 Å². The maximum Gasteiger partial charge on any atom is 0.416 e. The van der Waals surface area contributed by atoms with Gasteiger partial charge in [0.2, 0.25) is 5.91 Å². The van der Waals surface area contributed by atoms with Crippen molar-refractivity contribution >= 4 is 11.8 Å². The van der Waals surface area contributed by atoms with Crippen molar-refractivity contribution in [3.05, 3.63) is 58.1 Å². The van der Waals surface area contributed by atoms with Crippen LogP contribution in [0.2, 0.25) is 0 Å². The molecule has 0 aromatic heterocycles. The molecule has 160 valence electrons. The van der Waals surface area contributed by atoms with Gasteiger partial charge in [0.05, 0.1) is 11.1 Å². The van der Waals surface area contributed by atoms with Crippen molar-refractivity contribution in [2.75, 3.05) is 6.54 Å². The molecule has 0 spiro atoms. The highest BCUT2D eigenvalue weighted by atomic mass is 19.4. The largest absolute Gasteiger partial charge is 0.456 e. The zero-order chi connectivity index (χ0) is 22.1. The molecule has 1 atom stereocenters. The minimum Gasteiger partial charge on any atom is -0.456 e. The SMILES string of the molecule is Cc1cc(C)c(Oc2ccc(C(F)(F)F)cc2C(=O)NC2CCNC(=O)C2)cc1C. The smallest absolute Gasteiger partial charge is 0.416 e. The number of amides is 2. The Hall–Kier alpha value is -3.03. The van der Waals surface area contributed by atoms with Gasteiger partial charge in [-0.3, -0.25) is 9.59 Å². The zero-order valence-corrected chi connectivity index (χ0v) is 16.9. The number of ether oxygens (including phenoxy) is 1. The van der Waals surface area contributed by atoms with Crippen LogP contribution >= 0.6 is 0 Å². The van der Waals surface area contributed by atoms with Crippen LogP contribution in [0.4, 0.5) is 13.2 Å². The highest BCUT2D eigenvalue weighted by molar-refractivity contribution is 5.97. The van der Waals surface area contributed by atoms with Crippen LogP contribution in [0.5, 0.6) is 11.5 Å². The van der Waals surface area contributed by atoms with E-state index in [9.17, 15) is 22.8 Å². The molecule has 1 aliphatic rings. The lowest BCUT2D eigenvalue weighted by molar-refractivity contribution is -0.137. The van der Waals surface area contributed by atoms with E-state index in [1.165, 1.54) is 0 Å². The van der Waals surface area contributed by atoms with E-state index in [2.05, 4.69) is 10.6 Å². The van der Waals surface area contributed by atoms with Crippen LogP contribution in [0.3, 0.4) is 0 Å². The van der Waals surface area contributed by atoms with Gasteiger partial charge in [-0.05, 0) is 68.1 Å². The van der Waals surface area contributed by atoms with Crippen molar-refractivity contribution in [1.82, 2.24) is 10.6 Å². The number of hydrogen-bond acceptors (Lipinski definition) is 3. The van der Waals surface area contributed by atoms with Crippen molar-refractivity contribution in [1.29, 1.82) is 0 Å². The first-order valence-electron chi connectivity index (χ1n) is 9.59. The van der Waals surface area contributed by atoms with Gasteiger partial charge in [0.1, 0.15) is 11.5 Å². The zero-order valence-electron chi connectivity index (χ0n) is 16.9. The summed E-state index contributed by atoms with van der Waals surface area (Å²) in [6, 6.07) is 6.07. The van der Waals surface area contributed by atoms with Gasteiger partial charge in [-0.25, -0.2) is 0 Å². The van der Waals surface area contributed by atoms with Crippen molar-refractivity contribution in [2.45, 2.75) is 45.8 Å². The van der Waals surface area contributed by atoms with Gasteiger partial charge >= 0.3 is 6.18 Å². The quantitative estimate of drug-likeness (QED) is 0.769. The molecule has 8 heteroatoms. The van der Waals surface area contributed by atoms with E-state index in [1.807, 2.05) is 26.8 Å². The molecule has 2 amide bonds. The van der Waals surface area contributed by atoms with Crippen LogP contribution in [0.25, 0.3) is 0 Å². The lowest BCUT2D eigenvalue weighted by Crippen LogP contribution is -2.45. The van der Waals surface area contributed by atoms with Crippen molar-refractivity contribution < 1.29 is 27.5 Å². The Morgan fingerprint density at radius 1 is 1.07 bits per heavy atom. The van der Waals surface area contributed by atoms with E-state index in [1.54, 1.807) is 6.07 Å². The van der Waals surface area contributed by atoms with Crippen LogP contribution in [-0.4, -0.2) is 24.4 Å². The molecule has 2 aromatic rings. The van der Waals surface area contributed by atoms with E-state index in [4.69, 9.17) is 4.74 Å². The molecular formula is C22H23F3N2O3. The minimum absolute atomic E-state index is 0.0205. The molecule has 2 N–H and O–H groups in total. The normalized spacial score (nSPS) is 16.7. The van der Waals surface area contributed by atoms with Crippen molar-refractivity contribution in [3.63, 3.8) is 0 Å². The van der Waals surface area contributed by atoms with E-state index in [0.717, 1.165) is 34.9 Å². The summed E-state index contributed by atoms with van der Waals surface area (Å²) >= 11 is 0. The number of carbonyl (C=O) groups is 2. The average molecular weight is 420 g/mol. The predicted molar refractivity (Wildman–Crippen MR) is 106 cm³/mol. The number of aryl methyl sites for hydroxylation is 3. The van der Waals surface area contributed by atoms with Crippen molar-refractivity contribution in [2.24, 2.45) is 0 Å². The first-order valence-corrected chi connectivity index (χ1v) is 9.59. The summed E-state index contributed by atoms with van der Waals surface area (Å²) in [6.07, 6.45) is -4.02. The topological polar surface area (TPSA) is 67.4 Å². The van der Waals surface area contributed by atoms with Gasteiger partial charge in [-0.15, -0.1) is 0 Å². The summed E-state index contributed by atoms with van der Waals surface area (Å²) in [6.45, 7) is 6.07. The maximum absolute atomic E-state index is 13.2. The van der Waals surface area contributed by atoms with Crippen LogP contribution in [0.1, 0.15) is 45.5 Å². The Kier molecular flexibility index (Phi) is 6.05.